The second-order valence-corrected chi connectivity index (χ2v) is 2.41. The number of aryl methyl sites for hydroxylation is 1. The molecule has 66 valence electrons. The van der Waals surface area contributed by atoms with Crippen LogP contribution in [0.1, 0.15) is 5.82 Å². The molecule has 13 heavy (non-hydrogen) atoms. The summed E-state index contributed by atoms with van der Waals surface area (Å²) >= 11 is 0. The van der Waals surface area contributed by atoms with Crippen LogP contribution < -0.4 is 5.76 Å². The number of aromatic amines is 1. The molecular weight excluding hydrogens is 172 g/mol. The van der Waals surface area contributed by atoms with E-state index in [9.17, 15) is 4.79 Å². The molecule has 0 saturated carbocycles. The van der Waals surface area contributed by atoms with Crippen LogP contribution in [0.15, 0.2) is 21.5 Å². The predicted octanol–water partition coefficient (Wildman–Crippen LogP) is 0.128. The van der Waals surface area contributed by atoms with Crippen LogP contribution in [0.5, 0.6) is 0 Å². The van der Waals surface area contributed by atoms with Gasteiger partial charge in [0.05, 0.1) is 0 Å². The van der Waals surface area contributed by atoms with E-state index < -0.39 is 5.76 Å². The summed E-state index contributed by atoms with van der Waals surface area (Å²) in [6, 6.07) is 1.62. The Balaban J connectivity index is 2.52. The highest BCUT2D eigenvalue weighted by Gasteiger charge is 2.05. The van der Waals surface area contributed by atoms with Gasteiger partial charge in [-0.25, -0.2) is 19.9 Å². The maximum Gasteiger partial charge on any atom is 0.434 e. The van der Waals surface area contributed by atoms with E-state index in [2.05, 4.69) is 20.2 Å². The first-order valence-electron chi connectivity index (χ1n) is 3.61. The van der Waals surface area contributed by atoms with Crippen molar-refractivity contribution in [2.45, 2.75) is 6.92 Å². The largest absolute Gasteiger partial charge is 0.434 e. The molecule has 0 atom stereocenters. The van der Waals surface area contributed by atoms with Crippen molar-refractivity contribution in [1.82, 2.24) is 20.2 Å². The third-order valence-electron chi connectivity index (χ3n) is 1.43. The van der Waals surface area contributed by atoms with Gasteiger partial charge in [0.15, 0.2) is 0 Å². The van der Waals surface area contributed by atoms with Crippen LogP contribution in [0.3, 0.4) is 0 Å². The highest BCUT2D eigenvalue weighted by molar-refractivity contribution is 5.44. The predicted molar refractivity (Wildman–Crippen MR) is 42.9 cm³/mol. The maximum absolute atomic E-state index is 10.6. The number of rotatable bonds is 1. The van der Waals surface area contributed by atoms with Crippen LogP contribution in [0, 0.1) is 6.92 Å². The van der Waals surface area contributed by atoms with Crippen molar-refractivity contribution in [2.24, 2.45) is 0 Å². The van der Waals surface area contributed by atoms with Crippen molar-refractivity contribution in [1.29, 1.82) is 0 Å². The zero-order chi connectivity index (χ0) is 9.26. The van der Waals surface area contributed by atoms with Crippen molar-refractivity contribution in [3.63, 3.8) is 0 Å². The molecule has 0 aliphatic heterocycles. The van der Waals surface area contributed by atoms with Crippen molar-refractivity contribution in [3.05, 3.63) is 28.6 Å². The summed E-state index contributed by atoms with van der Waals surface area (Å²) in [5.41, 5.74) is 0.492. The van der Waals surface area contributed by atoms with E-state index in [1.54, 1.807) is 19.2 Å². The van der Waals surface area contributed by atoms with Crippen LogP contribution in [0.2, 0.25) is 0 Å². The highest BCUT2D eigenvalue weighted by Crippen LogP contribution is 2.09. The summed E-state index contributed by atoms with van der Waals surface area (Å²) < 4.78 is 4.71. The fourth-order valence-electron chi connectivity index (χ4n) is 0.915. The molecule has 0 fully saturated rings. The van der Waals surface area contributed by atoms with Crippen molar-refractivity contribution in [2.75, 3.05) is 0 Å². The fraction of sp³-hybridized carbons (Fsp3) is 0.143. The second-order valence-electron chi connectivity index (χ2n) is 2.41. The molecule has 0 radical (unpaired) electrons. The number of hydrogen-bond acceptors (Lipinski definition) is 5. The lowest BCUT2D eigenvalue weighted by molar-refractivity contribution is 0.525. The van der Waals surface area contributed by atoms with Gasteiger partial charge in [0.25, 0.3) is 5.89 Å². The standard InChI is InChI=1S/C7H6N4O2/c1-4-8-3-2-5(9-4)6-10-11-7(12)13-6/h2-3H,1H3,(H,11,12). The molecule has 0 amide bonds. The van der Waals surface area contributed by atoms with Crippen LogP contribution in [0.4, 0.5) is 0 Å². The van der Waals surface area contributed by atoms with E-state index in [-0.39, 0.29) is 5.89 Å². The van der Waals surface area contributed by atoms with Gasteiger partial charge in [0.1, 0.15) is 11.5 Å². The quantitative estimate of drug-likeness (QED) is 0.670. The Hall–Kier alpha value is -1.98. The normalized spacial score (nSPS) is 10.2. The molecule has 0 aromatic carbocycles. The van der Waals surface area contributed by atoms with E-state index in [1.165, 1.54) is 0 Å². The molecule has 2 rings (SSSR count). The van der Waals surface area contributed by atoms with Crippen LogP contribution in [-0.4, -0.2) is 20.2 Å². The van der Waals surface area contributed by atoms with Crippen LogP contribution in [0.25, 0.3) is 11.6 Å². The van der Waals surface area contributed by atoms with Crippen LogP contribution in [-0.2, 0) is 0 Å². The first-order valence-corrected chi connectivity index (χ1v) is 3.61. The molecule has 0 spiro atoms. The van der Waals surface area contributed by atoms with Gasteiger partial charge in [-0.3, -0.25) is 0 Å². The zero-order valence-corrected chi connectivity index (χ0v) is 6.81. The van der Waals surface area contributed by atoms with E-state index in [4.69, 9.17) is 4.42 Å². The Morgan fingerprint density at radius 1 is 1.54 bits per heavy atom. The lowest BCUT2D eigenvalue weighted by Crippen LogP contribution is -1.93. The van der Waals surface area contributed by atoms with Crippen LogP contribution >= 0.6 is 0 Å². The van der Waals surface area contributed by atoms with Gasteiger partial charge in [-0.1, -0.05) is 0 Å². The first kappa shape index (κ1) is 7.66. The van der Waals surface area contributed by atoms with Gasteiger partial charge < -0.3 is 4.42 Å². The lowest BCUT2D eigenvalue weighted by atomic mass is 10.4. The Morgan fingerprint density at radius 3 is 3.00 bits per heavy atom. The molecular formula is C7H6N4O2. The molecule has 1 N–H and O–H groups in total. The molecule has 0 aliphatic carbocycles. The fourth-order valence-corrected chi connectivity index (χ4v) is 0.915. The smallest absolute Gasteiger partial charge is 0.386 e. The first-order chi connectivity index (χ1) is 6.25. The molecule has 0 unspecified atom stereocenters. The number of nitrogens with one attached hydrogen (secondary N) is 1. The number of hydrogen-bond donors (Lipinski definition) is 1. The molecule has 2 aromatic heterocycles. The van der Waals surface area contributed by atoms with Gasteiger partial charge >= 0.3 is 5.76 Å². The van der Waals surface area contributed by atoms with Crippen molar-refractivity contribution in [3.8, 4) is 11.6 Å². The van der Waals surface area contributed by atoms with E-state index in [0.717, 1.165) is 0 Å². The third kappa shape index (κ3) is 1.46. The topological polar surface area (TPSA) is 84.7 Å². The van der Waals surface area contributed by atoms with Crippen molar-refractivity contribution < 1.29 is 4.42 Å². The maximum atomic E-state index is 10.6. The van der Waals surface area contributed by atoms with Gasteiger partial charge in [0.2, 0.25) is 0 Å². The minimum Gasteiger partial charge on any atom is -0.386 e. The highest BCUT2D eigenvalue weighted by atomic mass is 16.4. The minimum atomic E-state index is -0.591. The van der Waals surface area contributed by atoms with E-state index in [0.29, 0.717) is 11.5 Å². The monoisotopic (exact) mass is 178 g/mol. The summed E-state index contributed by atoms with van der Waals surface area (Å²) in [6.45, 7) is 1.74. The minimum absolute atomic E-state index is 0.176. The van der Waals surface area contributed by atoms with Gasteiger partial charge in [-0.2, -0.15) is 0 Å². The van der Waals surface area contributed by atoms with Gasteiger partial charge in [-0.05, 0) is 13.0 Å². The summed E-state index contributed by atoms with van der Waals surface area (Å²) in [5, 5.41) is 5.79. The Bertz CT molecular complexity index is 473. The number of aromatic nitrogens is 4. The summed E-state index contributed by atoms with van der Waals surface area (Å²) in [6.07, 6.45) is 1.58. The molecule has 0 aliphatic rings. The molecule has 2 aromatic rings. The average Bonchev–Trinajstić information content (AvgIpc) is 2.52. The van der Waals surface area contributed by atoms with Gasteiger partial charge in [-0.15, -0.1) is 5.10 Å². The molecule has 0 bridgehead atoms. The number of H-pyrrole nitrogens is 1. The SMILES string of the molecule is Cc1nccc(-c2n[nH]c(=O)o2)n1. The Labute approximate surface area is 72.7 Å². The molecule has 6 nitrogen and oxygen atoms in total. The lowest BCUT2D eigenvalue weighted by Gasteiger charge is -1.93. The molecule has 6 heteroatoms. The molecule has 0 saturated heterocycles. The average molecular weight is 178 g/mol. The molecule has 2 heterocycles. The number of nitrogens with zero attached hydrogens (tertiary/aromatic N) is 3. The third-order valence-corrected chi connectivity index (χ3v) is 1.43. The Kier molecular flexibility index (Phi) is 1.66. The van der Waals surface area contributed by atoms with Gasteiger partial charge in [0, 0.05) is 6.20 Å². The van der Waals surface area contributed by atoms with E-state index in [1.807, 2.05) is 0 Å². The second kappa shape index (κ2) is 2.81. The van der Waals surface area contributed by atoms with Crippen molar-refractivity contribution >= 4 is 0 Å². The summed E-state index contributed by atoms with van der Waals surface area (Å²) in [7, 11) is 0. The zero-order valence-electron chi connectivity index (χ0n) is 6.81. The van der Waals surface area contributed by atoms with E-state index >= 15 is 0 Å². The Morgan fingerprint density at radius 2 is 2.38 bits per heavy atom. The summed E-state index contributed by atoms with van der Waals surface area (Å²) in [5.74, 6) is 0.185. The summed E-state index contributed by atoms with van der Waals surface area (Å²) in [4.78, 5) is 18.6.